The third kappa shape index (κ3) is 7.20. The van der Waals surface area contributed by atoms with Crippen molar-refractivity contribution in [2.45, 2.75) is 56.1 Å². The normalized spacial score (nSPS) is 18.5. The summed E-state index contributed by atoms with van der Waals surface area (Å²) in [4.78, 5) is 57.0. The van der Waals surface area contributed by atoms with E-state index >= 15 is 0 Å². The van der Waals surface area contributed by atoms with Crippen molar-refractivity contribution in [2.75, 3.05) is 13.7 Å². The smallest absolute Gasteiger partial charge is 0.255 e. The van der Waals surface area contributed by atoms with Gasteiger partial charge in [0.25, 0.3) is 11.8 Å². The number of nitrogens with one attached hydrogen (secondary N) is 4. The van der Waals surface area contributed by atoms with Gasteiger partial charge in [-0.2, -0.15) is 10.2 Å². The number of carbonyl (C=O) groups is 2. The zero-order valence-electron chi connectivity index (χ0n) is 35.9. The van der Waals surface area contributed by atoms with Gasteiger partial charge in [0, 0.05) is 115 Å². The molecule has 1 aromatic carbocycles. The molecular formula is C49H41F2N13O3. The van der Waals surface area contributed by atoms with Gasteiger partial charge in [0.15, 0.2) is 5.82 Å². The molecule has 2 fully saturated rings. The quantitative estimate of drug-likeness (QED) is 0.105. The Hall–Kier alpha value is -7.99. The maximum Gasteiger partial charge on any atom is 0.255 e. The summed E-state index contributed by atoms with van der Waals surface area (Å²) >= 11 is 0. The first-order valence-electron chi connectivity index (χ1n) is 22.1. The van der Waals surface area contributed by atoms with E-state index in [1.54, 1.807) is 47.1 Å². The number of nitrogens with zero attached hydrogens (tertiary/aromatic N) is 9. The molecule has 4 N–H and O–H groups in total. The summed E-state index contributed by atoms with van der Waals surface area (Å²) in [6, 6.07) is 15.6. The lowest BCUT2D eigenvalue weighted by molar-refractivity contribution is -0.108. The van der Waals surface area contributed by atoms with E-state index in [4.69, 9.17) is 19.7 Å². The van der Waals surface area contributed by atoms with Crippen LogP contribution in [0.4, 0.5) is 8.78 Å². The number of aromatic nitrogens is 11. The molecule has 9 heterocycles. The molecule has 0 bridgehead atoms. The number of aromatic amines is 2. The van der Waals surface area contributed by atoms with E-state index in [0.29, 0.717) is 40.1 Å². The molecule has 10 aromatic rings. The molecule has 3 atom stereocenters. The van der Waals surface area contributed by atoms with E-state index in [9.17, 15) is 18.4 Å². The molecule has 16 nitrogen and oxygen atoms in total. The van der Waals surface area contributed by atoms with Crippen LogP contribution in [0, 0.1) is 5.92 Å². The van der Waals surface area contributed by atoms with Crippen LogP contribution >= 0.6 is 0 Å². The number of fused-ring (bicyclic) bond motifs is 5. The monoisotopic (exact) mass is 897 g/mol. The molecule has 2 aliphatic rings. The number of hydrogen-bond acceptors (Lipinski definition) is 10. The third-order valence-electron chi connectivity index (χ3n) is 13.5. The Bertz CT molecular complexity index is 3570. The molecule has 0 spiro atoms. The van der Waals surface area contributed by atoms with Crippen molar-refractivity contribution in [3.63, 3.8) is 0 Å². The topological polar surface area (TPSA) is 198 Å². The average molecular weight is 898 g/mol. The minimum absolute atomic E-state index is 0.116. The Morgan fingerprint density at radius 3 is 2.27 bits per heavy atom. The molecule has 9 aromatic heterocycles. The summed E-state index contributed by atoms with van der Waals surface area (Å²) < 4.78 is 36.2. The summed E-state index contributed by atoms with van der Waals surface area (Å²) in [5.74, 6) is -3.05. The van der Waals surface area contributed by atoms with E-state index in [-0.39, 0.29) is 55.2 Å². The number of amides is 2. The number of methoxy groups -OCH3 is 1. The van der Waals surface area contributed by atoms with Crippen LogP contribution in [-0.4, -0.2) is 97.7 Å². The molecular weight excluding hydrogens is 857 g/mol. The first-order chi connectivity index (χ1) is 32.7. The summed E-state index contributed by atoms with van der Waals surface area (Å²) in [6.07, 6.45) is 18.8. The van der Waals surface area contributed by atoms with Gasteiger partial charge in [-0.1, -0.05) is 6.07 Å². The van der Waals surface area contributed by atoms with Crippen molar-refractivity contribution in [1.82, 2.24) is 64.7 Å². The molecule has 12 rings (SSSR count). The summed E-state index contributed by atoms with van der Waals surface area (Å²) in [5, 5.41) is 17.6. The fraction of sp³-hybridized carbons (Fsp3) is 0.245. The Kier molecular flexibility index (Phi) is 9.59. The lowest BCUT2D eigenvalue weighted by atomic mass is 9.77. The highest BCUT2D eigenvalue weighted by Crippen LogP contribution is 2.43. The lowest BCUT2D eigenvalue weighted by Crippen LogP contribution is -2.42. The van der Waals surface area contributed by atoms with E-state index in [2.05, 4.69) is 46.8 Å². The summed E-state index contributed by atoms with van der Waals surface area (Å²) in [6.45, 7) is 0.187. The SMILES string of the molecule is CO[C@H]1CC[C@H](NC(=O)c2cnn3ccc(-c4c[nH]c5ncncc45)cc23)CC1c1cc(-c2ncc3c(-c4ccn5ncc(C(=O)NCC6CC(F)(F)C6)c5c4)c[nH]c3n2)cc2cccnc12. The zero-order valence-corrected chi connectivity index (χ0v) is 35.9. The molecule has 2 aliphatic carbocycles. The lowest BCUT2D eigenvalue weighted by Gasteiger charge is -2.36. The second-order valence-electron chi connectivity index (χ2n) is 17.6. The highest BCUT2D eigenvalue weighted by atomic mass is 19.3. The average Bonchev–Trinajstić information content (AvgIpc) is 4.16. The van der Waals surface area contributed by atoms with Crippen molar-refractivity contribution in [1.29, 1.82) is 0 Å². The highest BCUT2D eigenvalue weighted by Gasteiger charge is 2.45. The number of halogens is 2. The van der Waals surface area contributed by atoms with Gasteiger partial charge >= 0.3 is 0 Å². The maximum atomic E-state index is 14.1. The van der Waals surface area contributed by atoms with Gasteiger partial charge in [-0.3, -0.25) is 14.6 Å². The van der Waals surface area contributed by atoms with Gasteiger partial charge in [-0.15, -0.1) is 0 Å². The van der Waals surface area contributed by atoms with Crippen LogP contribution < -0.4 is 10.6 Å². The van der Waals surface area contributed by atoms with Crippen LogP contribution in [0.1, 0.15) is 64.3 Å². The molecule has 2 saturated carbocycles. The highest BCUT2D eigenvalue weighted by molar-refractivity contribution is 6.03. The first-order valence-corrected chi connectivity index (χ1v) is 22.1. The predicted octanol–water partition coefficient (Wildman–Crippen LogP) is 7.93. The number of pyridine rings is 3. The number of carbonyl (C=O) groups excluding carboxylic acids is 2. The first kappa shape index (κ1) is 40.5. The Labute approximate surface area is 379 Å². The fourth-order valence-corrected chi connectivity index (χ4v) is 10.1. The third-order valence-corrected chi connectivity index (χ3v) is 13.5. The summed E-state index contributed by atoms with van der Waals surface area (Å²) in [5.41, 5.74) is 9.60. The number of H-pyrrole nitrogens is 2. The number of hydrogen-bond donors (Lipinski definition) is 4. The number of alkyl halides is 2. The van der Waals surface area contributed by atoms with Gasteiger partial charge in [-0.05, 0) is 84.3 Å². The van der Waals surface area contributed by atoms with Crippen LogP contribution in [0.3, 0.4) is 0 Å². The standard InChI is InChI=1S/C49H41F2N13O3/c1-67-42-5-4-31(61-48(66)39-24-60-64-10-6-27(14-41(39)64)34-20-55-45-36(34)19-52-25-58-45)15-32(42)33-12-30(11-29-3-2-8-53-43(29)33)44-54-22-37-35(21-56-46(37)62-44)28-7-9-63-40(13-28)38(23-59-63)47(65)57-18-26-16-49(50,51)17-26/h2-3,6-14,19-26,31-32,42H,4-5,15-18H2,1H3,(H,57,65)(H,61,66)(H,52,55,58)(H,54,56,62)/t31-,32?,42-/m0/s1. The van der Waals surface area contributed by atoms with E-state index in [1.807, 2.05) is 61.1 Å². The van der Waals surface area contributed by atoms with Crippen LogP contribution in [-0.2, 0) is 4.74 Å². The Balaban J connectivity index is 0.813. The zero-order chi connectivity index (χ0) is 45.4. The van der Waals surface area contributed by atoms with Gasteiger partial charge in [0.05, 0.1) is 46.2 Å². The van der Waals surface area contributed by atoms with Crippen LogP contribution in [0.2, 0.25) is 0 Å². The molecule has 0 saturated heterocycles. The van der Waals surface area contributed by atoms with Crippen LogP contribution in [0.25, 0.3) is 77.6 Å². The van der Waals surface area contributed by atoms with Gasteiger partial charge in [0.2, 0.25) is 5.92 Å². The van der Waals surface area contributed by atoms with Crippen molar-refractivity contribution >= 4 is 55.8 Å². The van der Waals surface area contributed by atoms with E-state index in [0.717, 1.165) is 73.5 Å². The molecule has 67 heavy (non-hydrogen) atoms. The molecule has 1 unspecified atom stereocenters. The van der Waals surface area contributed by atoms with Gasteiger partial charge < -0.3 is 25.3 Å². The number of ether oxygens (including phenoxy) is 1. The van der Waals surface area contributed by atoms with Crippen LogP contribution in [0.5, 0.6) is 0 Å². The largest absolute Gasteiger partial charge is 0.381 e. The van der Waals surface area contributed by atoms with Crippen molar-refractivity contribution in [3.8, 4) is 33.6 Å². The molecule has 18 heteroatoms. The molecule has 2 amide bonds. The molecule has 0 aliphatic heterocycles. The van der Waals surface area contributed by atoms with E-state index in [1.165, 1.54) is 12.5 Å². The molecule has 0 radical (unpaired) electrons. The Morgan fingerprint density at radius 2 is 1.54 bits per heavy atom. The minimum Gasteiger partial charge on any atom is -0.381 e. The van der Waals surface area contributed by atoms with Crippen molar-refractivity contribution < 1.29 is 23.1 Å². The van der Waals surface area contributed by atoms with Gasteiger partial charge in [0.1, 0.15) is 17.6 Å². The maximum absolute atomic E-state index is 14.1. The Morgan fingerprint density at radius 1 is 0.821 bits per heavy atom. The van der Waals surface area contributed by atoms with E-state index < -0.39 is 5.92 Å². The second kappa shape index (κ2) is 15.9. The van der Waals surface area contributed by atoms with Crippen molar-refractivity contribution in [3.05, 3.63) is 127 Å². The molecule has 334 valence electrons. The summed E-state index contributed by atoms with van der Waals surface area (Å²) in [7, 11) is 1.73. The van der Waals surface area contributed by atoms with Crippen LogP contribution in [0.15, 0.2) is 111 Å². The second-order valence-corrected chi connectivity index (χ2v) is 17.6. The minimum atomic E-state index is -2.65. The van der Waals surface area contributed by atoms with Crippen molar-refractivity contribution in [2.24, 2.45) is 5.92 Å². The number of benzene rings is 1. The fourth-order valence-electron chi connectivity index (χ4n) is 10.1. The number of rotatable bonds is 10. The predicted molar refractivity (Wildman–Crippen MR) is 246 cm³/mol. The van der Waals surface area contributed by atoms with Gasteiger partial charge in [-0.25, -0.2) is 37.7 Å².